The van der Waals surface area contributed by atoms with Crippen LogP contribution in [0.4, 0.5) is 8.78 Å². The largest absolute Gasteiger partial charge is 0.328 e. The number of aromatic nitrogens is 7. The van der Waals surface area contributed by atoms with Crippen molar-refractivity contribution in [1.29, 1.82) is 0 Å². The zero-order valence-electron chi connectivity index (χ0n) is 17.5. The molecule has 0 unspecified atom stereocenters. The number of hydrogen-bond acceptors (Lipinski definition) is 6. The van der Waals surface area contributed by atoms with E-state index in [9.17, 15) is 13.6 Å². The van der Waals surface area contributed by atoms with Crippen molar-refractivity contribution in [3.8, 4) is 5.82 Å². The van der Waals surface area contributed by atoms with Crippen LogP contribution in [0, 0.1) is 11.6 Å². The van der Waals surface area contributed by atoms with Gasteiger partial charge in [-0.2, -0.15) is 5.10 Å². The number of rotatable bonds is 3. The van der Waals surface area contributed by atoms with Crippen LogP contribution in [0.15, 0.2) is 47.3 Å². The summed E-state index contributed by atoms with van der Waals surface area (Å²) < 4.78 is 29.8. The van der Waals surface area contributed by atoms with Gasteiger partial charge in [-0.1, -0.05) is 28.1 Å². The number of tetrazole rings is 1. The molecule has 1 aliphatic rings. The Morgan fingerprint density at radius 1 is 1.24 bits per heavy atom. The van der Waals surface area contributed by atoms with Crippen molar-refractivity contribution >= 4 is 21.8 Å². The van der Waals surface area contributed by atoms with E-state index in [0.717, 1.165) is 32.2 Å². The molecule has 0 saturated heterocycles. The molecule has 4 aromatic rings. The summed E-state index contributed by atoms with van der Waals surface area (Å²) in [5.41, 5.74) is 3.04. The van der Waals surface area contributed by atoms with Crippen LogP contribution in [0.2, 0.25) is 0 Å². The Labute approximate surface area is 195 Å². The van der Waals surface area contributed by atoms with Gasteiger partial charge in [0.2, 0.25) is 5.82 Å². The smallest absolute Gasteiger partial charge is 0.296 e. The Hall–Kier alpha value is -3.54. The zero-order valence-corrected chi connectivity index (χ0v) is 19.1. The average Bonchev–Trinajstić information content (AvgIpc) is 3.43. The van der Waals surface area contributed by atoms with Crippen LogP contribution in [-0.2, 0) is 7.05 Å². The molecule has 0 fully saturated rings. The second kappa shape index (κ2) is 8.10. The van der Waals surface area contributed by atoms with Crippen molar-refractivity contribution in [3.63, 3.8) is 0 Å². The van der Waals surface area contributed by atoms with Crippen LogP contribution in [0.25, 0.3) is 5.82 Å². The van der Waals surface area contributed by atoms with Gasteiger partial charge in [-0.05, 0) is 34.9 Å². The number of benzene rings is 1. The summed E-state index contributed by atoms with van der Waals surface area (Å²) in [7, 11) is 1.84. The van der Waals surface area contributed by atoms with E-state index in [1.807, 2.05) is 38.4 Å². The lowest BCUT2D eigenvalue weighted by atomic mass is 9.82. The van der Waals surface area contributed by atoms with Crippen LogP contribution < -0.4 is 0 Å². The molecule has 1 aromatic carbocycles. The van der Waals surface area contributed by atoms with Crippen molar-refractivity contribution in [2.45, 2.75) is 18.9 Å². The van der Waals surface area contributed by atoms with E-state index in [-0.39, 0.29) is 23.6 Å². The molecule has 0 N–H and O–H groups in total. The molecule has 0 bridgehead atoms. The Morgan fingerprint density at radius 3 is 2.79 bits per heavy atom. The van der Waals surface area contributed by atoms with E-state index in [2.05, 4.69) is 41.4 Å². The predicted octanol–water partition coefficient (Wildman–Crippen LogP) is 3.18. The number of fused-ring (bicyclic) bond motifs is 1. The van der Waals surface area contributed by atoms with Crippen molar-refractivity contribution in [2.75, 3.05) is 6.54 Å². The summed E-state index contributed by atoms with van der Waals surface area (Å²) in [5, 5.41) is 15.8. The van der Waals surface area contributed by atoms with Gasteiger partial charge < -0.3 is 4.90 Å². The van der Waals surface area contributed by atoms with Crippen LogP contribution in [-0.4, -0.2) is 52.3 Å². The second-order valence-electron chi connectivity index (χ2n) is 7.74. The van der Waals surface area contributed by atoms with Crippen molar-refractivity contribution in [2.24, 2.45) is 7.05 Å². The highest BCUT2D eigenvalue weighted by Gasteiger charge is 2.37. The first-order valence-electron chi connectivity index (χ1n) is 10.0. The van der Waals surface area contributed by atoms with Gasteiger partial charge in [0.1, 0.15) is 5.82 Å². The summed E-state index contributed by atoms with van der Waals surface area (Å²) in [5.74, 6) is -2.94. The number of hydrogen-bond donors (Lipinski definition) is 0. The molecular formula is C21H17BrF2N8O. The molecule has 0 aliphatic carbocycles. The maximum absolute atomic E-state index is 14.1. The maximum atomic E-state index is 14.1. The Morgan fingerprint density at radius 2 is 2.06 bits per heavy atom. The van der Waals surface area contributed by atoms with Gasteiger partial charge in [-0.25, -0.2) is 13.8 Å². The molecule has 9 nitrogen and oxygen atoms in total. The topological polar surface area (TPSA) is 94.6 Å². The first kappa shape index (κ1) is 21.3. The third-order valence-electron chi connectivity index (χ3n) is 5.70. The molecule has 12 heteroatoms. The Bertz CT molecular complexity index is 1370. The van der Waals surface area contributed by atoms with Gasteiger partial charge in [0.05, 0.1) is 18.4 Å². The number of halogens is 3. The minimum atomic E-state index is -0.966. The van der Waals surface area contributed by atoms with Gasteiger partial charge in [0.25, 0.3) is 11.7 Å². The van der Waals surface area contributed by atoms with Gasteiger partial charge in [-0.15, -0.1) is 15.0 Å². The number of pyridine rings is 1. The number of carbonyl (C=O) groups excluding carboxylic acids is 1. The summed E-state index contributed by atoms with van der Waals surface area (Å²) >= 11 is 3.62. The molecule has 33 heavy (non-hydrogen) atoms. The van der Waals surface area contributed by atoms with Crippen molar-refractivity contribution in [1.82, 2.24) is 39.9 Å². The van der Waals surface area contributed by atoms with E-state index in [1.54, 1.807) is 15.8 Å². The SMILES string of the molecule is C[C@H]1c2c(Br)cccc2[C@@H](c2cnn(C)c2)CN1C(=O)c1nnn(-c2ncc(F)cc2F)n1. The summed E-state index contributed by atoms with van der Waals surface area (Å²) in [4.78, 5) is 19.5. The zero-order chi connectivity index (χ0) is 23.3. The van der Waals surface area contributed by atoms with E-state index >= 15 is 0 Å². The summed E-state index contributed by atoms with van der Waals surface area (Å²) in [6, 6.07) is 6.32. The van der Waals surface area contributed by atoms with Gasteiger partial charge in [0, 0.05) is 36.2 Å². The summed E-state index contributed by atoms with van der Waals surface area (Å²) in [6.45, 7) is 2.29. The lowest BCUT2D eigenvalue weighted by molar-refractivity contribution is 0.0651. The van der Waals surface area contributed by atoms with Gasteiger partial charge in [-0.3, -0.25) is 9.48 Å². The quantitative estimate of drug-likeness (QED) is 0.416. The van der Waals surface area contributed by atoms with E-state index < -0.39 is 17.5 Å². The average molecular weight is 515 g/mol. The first-order chi connectivity index (χ1) is 15.8. The molecular weight excluding hydrogens is 498 g/mol. The summed E-state index contributed by atoms with van der Waals surface area (Å²) in [6.07, 6.45) is 4.54. The minimum Gasteiger partial charge on any atom is -0.328 e. The molecule has 1 aliphatic heterocycles. The molecule has 0 radical (unpaired) electrons. The lowest BCUT2D eigenvalue weighted by Crippen LogP contribution is -2.41. The fourth-order valence-corrected chi connectivity index (χ4v) is 4.86. The van der Waals surface area contributed by atoms with Crippen LogP contribution in [0.3, 0.4) is 0 Å². The fraction of sp³-hybridized carbons (Fsp3) is 0.238. The van der Waals surface area contributed by atoms with E-state index in [1.165, 1.54) is 0 Å². The first-order valence-corrected chi connectivity index (χ1v) is 10.8. The number of carbonyl (C=O) groups is 1. The molecule has 0 saturated carbocycles. The van der Waals surface area contributed by atoms with Crippen LogP contribution in [0.5, 0.6) is 0 Å². The van der Waals surface area contributed by atoms with Crippen molar-refractivity contribution in [3.05, 3.63) is 81.5 Å². The highest BCUT2D eigenvalue weighted by atomic mass is 79.9. The lowest BCUT2D eigenvalue weighted by Gasteiger charge is -2.39. The van der Waals surface area contributed by atoms with Crippen LogP contribution >= 0.6 is 15.9 Å². The molecule has 2 atom stereocenters. The third-order valence-corrected chi connectivity index (χ3v) is 6.39. The monoisotopic (exact) mass is 514 g/mol. The normalized spacial score (nSPS) is 17.8. The molecule has 1 amide bonds. The Balaban J connectivity index is 1.52. The third kappa shape index (κ3) is 3.69. The highest BCUT2D eigenvalue weighted by Crippen LogP contribution is 2.42. The van der Waals surface area contributed by atoms with Gasteiger partial charge >= 0.3 is 0 Å². The van der Waals surface area contributed by atoms with E-state index in [4.69, 9.17) is 0 Å². The second-order valence-corrected chi connectivity index (χ2v) is 8.59. The maximum Gasteiger partial charge on any atom is 0.296 e. The molecule has 168 valence electrons. The number of aryl methyl sites for hydroxylation is 1. The van der Waals surface area contributed by atoms with Gasteiger partial charge in [0.15, 0.2) is 5.82 Å². The predicted molar refractivity (Wildman–Crippen MR) is 116 cm³/mol. The fourth-order valence-electron chi connectivity index (χ4n) is 4.14. The number of nitrogens with zero attached hydrogens (tertiary/aromatic N) is 8. The van der Waals surface area contributed by atoms with Crippen LogP contribution in [0.1, 0.15) is 46.2 Å². The standard InChI is InChI=1S/C21H17BrF2N8O/c1-11-18-14(4-3-5-16(18)22)15(12-7-26-30(2)9-12)10-31(11)21(33)19-27-29-32(28-19)20-17(24)6-13(23)8-25-20/h3-9,11,15H,10H2,1-2H3/t11-,15+/m0/s1. The molecule has 4 heterocycles. The minimum absolute atomic E-state index is 0.113. The molecule has 3 aromatic heterocycles. The Kier molecular flexibility index (Phi) is 5.23. The number of amides is 1. The highest BCUT2D eigenvalue weighted by molar-refractivity contribution is 9.10. The molecule has 0 spiro atoms. The van der Waals surface area contributed by atoms with Crippen molar-refractivity contribution < 1.29 is 13.6 Å². The van der Waals surface area contributed by atoms with E-state index in [0.29, 0.717) is 12.6 Å². The molecule has 5 rings (SSSR count).